The number of methoxy groups -OCH3 is 1. The molecule has 0 radical (unpaired) electrons. The van der Waals surface area contributed by atoms with E-state index in [9.17, 15) is 9.59 Å². The summed E-state index contributed by atoms with van der Waals surface area (Å²) in [6.07, 6.45) is 1.46. The number of amides is 1. The molecule has 0 aliphatic rings. The van der Waals surface area contributed by atoms with Gasteiger partial charge in [-0.1, -0.05) is 6.07 Å². The third kappa shape index (κ3) is 2.93. The smallest absolute Gasteiger partial charge is 0.352 e. The van der Waals surface area contributed by atoms with Gasteiger partial charge < -0.3 is 10.1 Å². The van der Waals surface area contributed by atoms with Crippen LogP contribution in [-0.2, 0) is 11.3 Å². The number of hydrogen-bond donors (Lipinski definition) is 1. The van der Waals surface area contributed by atoms with Gasteiger partial charge in [0.2, 0.25) is 5.91 Å². The van der Waals surface area contributed by atoms with Crippen molar-refractivity contribution in [3.63, 3.8) is 0 Å². The molecule has 0 bridgehead atoms. The predicted molar refractivity (Wildman–Crippen MR) is 108 cm³/mol. The molecule has 0 saturated carbocycles. The van der Waals surface area contributed by atoms with Gasteiger partial charge in [-0.25, -0.2) is 18.9 Å². The molecule has 4 aromatic rings. The number of carbonyl (C=O) groups is 1. The van der Waals surface area contributed by atoms with Crippen LogP contribution in [-0.4, -0.2) is 32.2 Å². The van der Waals surface area contributed by atoms with Crippen molar-refractivity contribution in [3.05, 3.63) is 51.0 Å². The Morgan fingerprint density at radius 3 is 2.82 bits per heavy atom. The van der Waals surface area contributed by atoms with Gasteiger partial charge in [0.05, 0.1) is 18.2 Å². The Balaban J connectivity index is 1.69. The second kappa shape index (κ2) is 6.75. The Hall–Kier alpha value is -3.20. The second-order valence-electron chi connectivity index (χ2n) is 6.59. The Kier molecular flexibility index (Phi) is 4.38. The third-order valence-corrected chi connectivity index (χ3v) is 5.79. The van der Waals surface area contributed by atoms with E-state index in [0.29, 0.717) is 17.1 Å². The standard InChI is InChI=1S/C19H19N5O3S/c1-10-5-6-14(27-4)13(7-10)21-15(25)8-24-19(26)23-9-20-18-16(17(23)22-24)11(2)12(3)28-18/h5-7,9H,8H2,1-4H3,(H,21,25). The van der Waals surface area contributed by atoms with Crippen molar-refractivity contribution in [2.24, 2.45) is 0 Å². The molecule has 1 aromatic carbocycles. The van der Waals surface area contributed by atoms with E-state index in [2.05, 4.69) is 15.4 Å². The summed E-state index contributed by atoms with van der Waals surface area (Å²) in [5.41, 5.74) is 2.69. The van der Waals surface area contributed by atoms with Crippen LogP contribution in [0.5, 0.6) is 5.75 Å². The number of aryl methyl sites for hydroxylation is 3. The van der Waals surface area contributed by atoms with Gasteiger partial charge in [0.25, 0.3) is 0 Å². The number of nitrogens with zero attached hydrogens (tertiary/aromatic N) is 4. The van der Waals surface area contributed by atoms with E-state index in [1.165, 1.54) is 17.8 Å². The van der Waals surface area contributed by atoms with Crippen LogP contribution in [0.15, 0.2) is 29.3 Å². The first-order valence-electron chi connectivity index (χ1n) is 8.67. The number of carbonyl (C=O) groups excluding carboxylic acids is 1. The minimum absolute atomic E-state index is 0.207. The van der Waals surface area contributed by atoms with Crippen molar-refractivity contribution in [2.75, 3.05) is 12.4 Å². The predicted octanol–water partition coefficient (Wildman–Crippen LogP) is 2.68. The van der Waals surface area contributed by atoms with Gasteiger partial charge in [-0.05, 0) is 44.0 Å². The van der Waals surface area contributed by atoms with Crippen LogP contribution in [0.3, 0.4) is 0 Å². The van der Waals surface area contributed by atoms with Gasteiger partial charge in [0, 0.05) is 4.88 Å². The summed E-state index contributed by atoms with van der Waals surface area (Å²) in [5, 5.41) is 8.04. The topological polar surface area (TPSA) is 90.5 Å². The van der Waals surface area contributed by atoms with Crippen molar-refractivity contribution in [1.29, 1.82) is 0 Å². The van der Waals surface area contributed by atoms with Crippen LogP contribution in [0.1, 0.15) is 16.0 Å². The molecule has 0 spiro atoms. The molecule has 1 N–H and O–H groups in total. The van der Waals surface area contributed by atoms with Crippen molar-refractivity contribution >= 4 is 38.8 Å². The number of anilines is 1. The molecule has 4 rings (SSSR count). The van der Waals surface area contributed by atoms with E-state index >= 15 is 0 Å². The number of aromatic nitrogens is 4. The Morgan fingerprint density at radius 2 is 2.07 bits per heavy atom. The molecular weight excluding hydrogens is 378 g/mol. The van der Waals surface area contributed by atoms with E-state index in [0.717, 1.165) is 30.9 Å². The maximum Gasteiger partial charge on any atom is 0.352 e. The number of thiophene rings is 1. The first-order chi connectivity index (χ1) is 13.4. The lowest BCUT2D eigenvalue weighted by Gasteiger charge is -2.10. The Bertz CT molecular complexity index is 1280. The fraction of sp³-hybridized carbons (Fsp3) is 0.263. The fourth-order valence-corrected chi connectivity index (χ4v) is 4.11. The molecular formula is C19H19N5O3S. The zero-order chi connectivity index (χ0) is 20.0. The summed E-state index contributed by atoms with van der Waals surface area (Å²) < 4.78 is 7.81. The van der Waals surface area contributed by atoms with E-state index in [-0.39, 0.29) is 12.5 Å². The zero-order valence-electron chi connectivity index (χ0n) is 15.9. The first kappa shape index (κ1) is 18.2. The molecule has 9 heteroatoms. The molecule has 1 amide bonds. The van der Waals surface area contributed by atoms with Crippen LogP contribution in [0.4, 0.5) is 5.69 Å². The molecule has 0 saturated heterocycles. The van der Waals surface area contributed by atoms with Crippen LogP contribution in [0.25, 0.3) is 15.9 Å². The number of rotatable bonds is 4. The maximum absolute atomic E-state index is 12.7. The lowest BCUT2D eigenvalue weighted by Crippen LogP contribution is -2.28. The highest BCUT2D eigenvalue weighted by atomic mass is 32.1. The first-order valence-corrected chi connectivity index (χ1v) is 9.49. The van der Waals surface area contributed by atoms with Crippen molar-refractivity contribution in [1.82, 2.24) is 19.2 Å². The van der Waals surface area contributed by atoms with Gasteiger partial charge in [0.15, 0.2) is 5.65 Å². The minimum atomic E-state index is -0.404. The minimum Gasteiger partial charge on any atom is -0.495 e. The van der Waals surface area contributed by atoms with E-state index in [4.69, 9.17) is 4.74 Å². The highest BCUT2D eigenvalue weighted by Gasteiger charge is 2.17. The molecule has 144 valence electrons. The SMILES string of the molecule is COc1ccc(C)cc1NC(=O)Cn1nc2c3c(C)c(C)sc3ncn2c1=O. The lowest BCUT2D eigenvalue weighted by molar-refractivity contribution is -0.117. The molecule has 0 aliphatic heterocycles. The van der Waals surface area contributed by atoms with Gasteiger partial charge >= 0.3 is 5.69 Å². The van der Waals surface area contributed by atoms with E-state index in [1.54, 1.807) is 17.4 Å². The van der Waals surface area contributed by atoms with Crippen LogP contribution < -0.4 is 15.7 Å². The average molecular weight is 397 g/mol. The van der Waals surface area contributed by atoms with Crippen molar-refractivity contribution in [2.45, 2.75) is 27.3 Å². The zero-order valence-corrected chi connectivity index (χ0v) is 16.8. The van der Waals surface area contributed by atoms with Crippen LogP contribution in [0.2, 0.25) is 0 Å². The fourth-order valence-electron chi connectivity index (χ4n) is 3.12. The number of hydrogen-bond acceptors (Lipinski definition) is 6. The maximum atomic E-state index is 12.7. The highest BCUT2D eigenvalue weighted by molar-refractivity contribution is 7.18. The summed E-state index contributed by atoms with van der Waals surface area (Å²) in [5.74, 6) is 0.188. The highest BCUT2D eigenvalue weighted by Crippen LogP contribution is 2.30. The van der Waals surface area contributed by atoms with E-state index < -0.39 is 5.69 Å². The molecule has 3 heterocycles. The quantitative estimate of drug-likeness (QED) is 0.572. The second-order valence-corrected chi connectivity index (χ2v) is 7.80. The van der Waals surface area contributed by atoms with Crippen LogP contribution in [0, 0.1) is 20.8 Å². The van der Waals surface area contributed by atoms with E-state index in [1.807, 2.05) is 32.9 Å². The normalized spacial score (nSPS) is 11.3. The monoisotopic (exact) mass is 397 g/mol. The molecule has 0 unspecified atom stereocenters. The number of ether oxygens (including phenoxy) is 1. The van der Waals surface area contributed by atoms with Crippen molar-refractivity contribution in [3.8, 4) is 5.75 Å². The molecule has 8 nitrogen and oxygen atoms in total. The summed E-state index contributed by atoms with van der Waals surface area (Å²) in [6.45, 7) is 5.71. The molecule has 0 atom stereocenters. The summed E-state index contributed by atoms with van der Waals surface area (Å²) in [6, 6.07) is 5.49. The Morgan fingerprint density at radius 1 is 1.29 bits per heavy atom. The van der Waals surface area contributed by atoms with Crippen LogP contribution >= 0.6 is 11.3 Å². The third-order valence-electron chi connectivity index (χ3n) is 4.67. The van der Waals surface area contributed by atoms with Gasteiger partial charge in [-0.15, -0.1) is 16.4 Å². The summed E-state index contributed by atoms with van der Waals surface area (Å²) >= 11 is 1.56. The largest absolute Gasteiger partial charge is 0.495 e. The van der Waals surface area contributed by atoms with Crippen molar-refractivity contribution < 1.29 is 9.53 Å². The van der Waals surface area contributed by atoms with Gasteiger partial charge in [-0.2, -0.15) is 0 Å². The number of nitrogens with one attached hydrogen (secondary N) is 1. The van der Waals surface area contributed by atoms with Gasteiger partial charge in [0.1, 0.15) is 23.5 Å². The molecule has 0 fully saturated rings. The lowest BCUT2D eigenvalue weighted by atomic mass is 10.2. The average Bonchev–Trinajstić information content (AvgIpc) is 3.12. The molecule has 28 heavy (non-hydrogen) atoms. The molecule has 0 aliphatic carbocycles. The van der Waals surface area contributed by atoms with Gasteiger partial charge in [-0.3, -0.25) is 4.79 Å². The number of fused-ring (bicyclic) bond motifs is 3. The summed E-state index contributed by atoms with van der Waals surface area (Å²) in [4.78, 5) is 31.5. The Labute approximate surface area is 164 Å². The molecule has 3 aromatic heterocycles. The number of benzene rings is 1. The summed E-state index contributed by atoms with van der Waals surface area (Å²) in [7, 11) is 1.54.